The zero-order valence-electron chi connectivity index (χ0n) is 20.4. The van der Waals surface area contributed by atoms with Crippen molar-refractivity contribution in [1.82, 2.24) is 20.9 Å². The van der Waals surface area contributed by atoms with Crippen molar-refractivity contribution in [3.63, 3.8) is 0 Å². The lowest BCUT2D eigenvalue weighted by atomic mass is 9.98. The molecule has 0 saturated heterocycles. The number of carboxylic acid groups (broad SMARTS) is 1. The van der Waals surface area contributed by atoms with E-state index < -0.39 is 54.3 Å². The van der Waals surface area contributed by atoms with Crippen LogP contribution in [0.5, 0.6) is 0 Å². The van der Waals surface area contributed by atoms with Crippen LogP contribution in [0.2, 0.25) is 0 Å². The molecule has 1 aromatic carbocycles. The fraction of sp³-hybridized carbons (Fsp3) is 0.458. The second kappa shape index (κ2) is 13.2. The van der Waals surface area contributed by atoms with Crippen LogP contribution in [0.1, 0.15) is 38.7 Å². The van der Waals surface area contributed by atoms with E-state index in [4.69, 9.17) is 16.6 Å². The van der Waals surface area contributed by atoms with E-state index in [2.05, 4.69) is 20.9 Å². The van der Waals surface area contributed by atoms with Gasteiger partial charge in [0.05, 0.1) is 6.04 Å². The molecule has 4 unspecified atom stereocenters. The van der Waals surface area contributed by atoms with Crippen LogP contribution in [0.15, 0.2) is 30.5 Å². The average molecular weight is 503 g/mol. The fourth-order valence-corrected chi connectivity index (χ4v) is 3.62. The number of carboxylic acids is 1. The van der Waals surface area contributed by atoms with E-state index in [1.165, 1.54) is 0 Å². The van der Waals surface area contributed by atoms with Crippen LogP contribution in [0, 0.1) is 5.92 Å². The summed E-state index contributed by atoms with van der Waals surface area (Å²) in [4.78, 5) is 64.0. The first-order valence-corrected chi connectivity index (χ1v) is 11.7. The van der Waals surface area contributed by atoms with Gasteiger partial charge in [-0.15, -0.1) is 0 Å². The monoisotopic (exact) mass is 502 g/mol. The second-order valence-corrected chi connectivity index (χ2v) is 8.71. The maximum absolute atomic E-state index is 13.2. The molecule has 0 spiro atoms. The Morgan fingerprint density at radius 3 is 2.33 bits per heavy atom. The van der Waals surface area contributed by atoms with Crippen molar-refractivity contribution < 1.29 is 29.1 Å². The topological polar surface area (TPSA) is 209 Å². The molecule has 0 aliphatic rings. The summed E-state index contributed by atoms with van der Waals surface area (Å²) in [5.41, 5.74) is 12.8. The van der Waals surface area contributed by atoms with Crippen LogP contribution in [-0.2, 0) is 30.4 Å². The number of amides is 4. The minimum Gasteiger partial charge on any atom is -0.480 e. The Bertz CT molecular complexity index is 1100. The molecule has 2 aromatic rings. The van der Waals surface area contributed by atoms with Crippen LogP contribution >= 0.6 is 0 Å². The van der Waals surface area contributed by atoms with E-state index in [-0.39, 0.29) is 25.2 Å². The Hall–Kier alpha value is -3.93. The third-order valence-electron chi connectivity index (χ3n) is 6.02. The summed E-state index contributed by atoms with van der Waals surface area (Å²) in [7, 11) is 0. The van der Waals surface area contributed by atoms with Gasteiger partial charge in [0.2, 0.25) is 23.6 Å². The lowest BCUT2D eigenvalue weighted by molar-refractivity contribution is -0.138. The predicted molar refractivity (Wildman–Crippen MR) is 132 cm³/mol. The molecule has 196 valence electrons. The third kappa shape index (κ3) is 8.08. The number of primary amides is 1. The maximum Gasteiger partial charge on any atom is 0.322 e. The van der Waals surface area contributed by atoms with Crippen LogP contribution < -0.4 is 27.4 Å². The molecule has 4 atom stereocenters. The SMILES string of the molecule is CCC(C)C(N)C(=O)NC(CCC(N)=O)C(=O)NC(Cc1c[nH]c2ccccc12)C(=O)NCC(=O)O. The summed E-state index contributed by atoms with van der Waals surface area (Å²) in [6.45, 7) is 3.04. The minimum atomic E-state index is -1.24. The fourth-order valence-electron chi connectivity index (χ4n) is 3.62. The van der Waals surface area contributed by atoms with Gasteiger partial charge in [-0.05, 0) is 24.0 Å². The number of carbonyl (C=O) groups is 5. The molecule has 0 saturated carbocycles. The molecular formula is C24H34N6O6. The highest BCUT2D eigenvalue weighted by atomic mass is 16.4. The highest BCUT2D eigenvalue weighted by Crippen LogP contribution is 2.19. The molecule has 2 rings (SSSR count). The number of carbonyl (C=O) groups excluding carboxylic acids is 4. The van der Waals surface area contributed by atoms with Gasteiger partial charge in [0.15, 0.2) is 0 Å². The Morgan fingerprint density at radius 1 is 1.03 bits per heavy atom. The molecule has 0 bridgehead atoms. The number of hydrogen-bond acceptors (Lipinski definition) is 6. The molecule has 4 amide bonds. The van der Waals surface area contributed by atoms with Gasteiger partial charge in [0, 0.05) is 29.9 Å². The Balaban J connectivity index is 2.26. The summed E-state index contributed by atoms with van der Waals surface area (Å²) < 4.78 is 0. The van der Waals surface area contributed by atoms with Gasteiger partial charge in [0.1, 0.15) is 18.6 Å². The lowest BCUT2D eigenvalue weighted by Gasteiger charge is -2.25. The lowest BCUT2D eigenvalue weighted by Crippen LogP contribution is -2.57. The highest BCUT2D eigenvalue weighted by Gasteiger charge is 2.30. The van der Waals surface area contributed by atoms with E-state index in [0.29, 0.717) is 6.42 Å². The summed E-state index contributed by atoms with van der Waals surface area (Å²) >= 11 is 0. The zero-order chi connectivity index (χ0) is 26.8. The van der Waals surface area contributed by atoms with Crippen molar-refractivity contribution in [3.05, 3.63) is 36.0 Å². The molecule has 12 nitrogen and oxygen atoms in total. The first-order valence-electron chi connectivity index (χ1n) is 11.7. The molecule has 36 heavy (non-hydrogen) atoms. The van der Waals surface area contributed by atoms with Gasteiger partial charge in [-0.1, -0.05) is 38.5 Å². The van der Waals surface area contributed by atoms with Crippen LogP contribution in [0.3, 0.4) is 0 Å². The number of H-pyrrole nitrogens is 1. The first-order chi connectivity index (χ1) is 17.0. The van der Waals surface area contributed by atoms with E-state index in [1.54, 1.807) is 13.1 Å². The van der Waals surface area contributed by atoms with Gasteiger partial charge < -0.3 is 37.5 Å². The number of aromatic amines is 1. The molecule has 1 heterocycles. The number of aromatic nitrogens is 1. The quantitative estimate of drug-likeness (QED) is 0.180. The molecule has 0 radical (unpaired) electrons. The Labute approximate surface area is 208 Å². The Kier molecular flexibility index (Phi) is 10.4. The van der Waals surface area contributed by atoms with Crippen LogP contribution in [0.25, 0.3) is 10.9 Å². The molecule has 0 aliphatic carbocycles. The van der Waals surface area contributed by atoms with Crippen molar-refractivity contribution in [2.24, 2.45) is 17.4 Å². The van der Waals surface area contributed by atoms with Gasteiger partial charge >= 0.3 is 5.97 Å². The van der Waals surface area contributed by atoms with Gasteiger partial charge in [-0.2, -0.15) is 0 Å². The number of fused-ring (bicyclic) bond motifs is 1. The number of nitrogens with two attached hydrogens (primary N) is 2. The minimum absolute atomic E-state index is 0.0457. The molecule has 9 N–H and O–H groups in total. The van der Waals surface area contributed by atoms with Gasteiger partial charge in [-0.25, -0.2) is 0 Å². The number of rotatable bonds is 14. The third-order valence-corrected chi connectivity index (χ3v) is 6.02. The van der Waals surface area contributed by atoms with Gasteiger partial charge in [-0.3, -0.25) is 24.0 Å². The van der Waals surface area contributed by atoms with Crippen molar-refractivity contribution >= 4 is 40.5 Å². The van der Waals surface area contributed by atoms with Crippen molar-refractivity contribution in [3.8, 4) is 0 Å². The normalized spacial score (nSPS) is 14.3. The number of nitrogens with one attached hydrogen (secondary N) is 4. The molecule has 1 aromatic heterocycles. The van der Waals surface area contributed by atoms with E-state index in [1.807, 2.05) is 31.2 Å². The highest BCUT2D eigenvalue weighted by molar-refractivity contribution is 5.94. The van der Waals surface area contributed by atoms with E-state index in [9.17, 15) is 24.0 Å². The van der Waals surface area contributed by atoms with Crippen molar-refractivity contribution in [2.45, 2.75) is 57.7 Å². The smallest absolute Gasteiger partial charge is 0.322 e. The summed E-state index contributed by atoms with van der Waals surface area (Å²) in [5, 5.41) is 17.2. The predicted octanol–water partition coefficient (Wildman–Crippen LogP) is -0.480. The zero-order valence-corrected chi connectivity index (χ0v) is 20.4. The number of aliphatic carboxylic acids is 1. The van der Waals surface area contributed by atoms with Crippen molar-refractivity contribution in [1.29, 1.82) is 0 Å². The maximum atomic E-state index is 13.2. The summed E-state index contributed by atoms with van der Waals surface area (Å²) in [6, 6.07) is 4.16. The standard InChI is InChI=1S/C24H34N6O6/c1-3-13(2)21(26)24(36)29-17(8-9-19(25)31)23(35)30-18(22(34)28-12-20(32)33)10-14-11-27-16-7-5-4-6-15(14)16/h4-7,11,13,17-18,21,27H,3,8-10,12,26H2,1-2H3,(H2,25,31)(H,28,34)(H,29,36)(H,30,35)(H,32,33). The molecule has 0 aliphatic heterocycles. The summed E-state index contributed by atoms with van der Waals surface area (Å²) in [5.74, 6) is -4.07. The number of benzene rings is 1. The molecule has 0 fully saturated rings. The van der Waals surface area contributed by atoms with Crippen LogP contribution in [0.4, 0.5) is 0 Å². The molecular weight excluding hydrogens is 468 g/mol. The molecule has 12 heteroatoms. The second-order valence-electron chi connectivity index (χ2n) is 8.71. The van der Waals surface area contributed by atoms with E-state index in [0.717, 1.165) is 16.5 Å². The average Bonchev–Trinajstić information content (AvgIpc) is 3.25. The van der Waals surface area contributed by atoms with Crippen molar-refractivity contribution in [2.75, 3.05) is 6.54 Å². The van der Waals surface area contributed by atoms with Crippen LogP contribution in [-0.4, -0.2) is 64.4 Å². The number of para-hydroxylation sites is 1. The van der Waals surface area contributed by atoms with Gasteiger partial charge in [0.25, 0.3) is 0 Å². The first kappa shape index (κ1) is 28.3. The largest absolute Gasteiger partial charge is 0.480 e. The van der Waals surface area contributed by atoms with E-state index >= 15 is 0 Å². The Morgan fingerprint density at radius 2 is 1.69 bits per heavy atom. The number of hydrogen-bond donors (Lipinski definition) is 7. The summed E-state index contributed by atoms with van der Waals surface area (Å²) in [6.07, 6.45) is 2.10.